The number of ether oxygens (including phenoxy) is 1. The van der Waals surface area contributed by atoms with Gasteiger partial charge in [0.1, 0.15) is 10.7 Å². The SMILES string of the molecule is COc1ccc(-c2cc(C(N)=S)c(=O)n(C)n2)cc1. The van der Waals surface area contributed by atoms with Crippen LogP contribution in [0.1, 0.15) is 5.56 Å². The minimum absolute atomic E-state index is 0.0674. The van der Waals surface area contributed by atoms with E-state index in [-0.39, 0.29) is 10.5 Å². The van der Waals surface area contributed by atoms with Crippen LogP contribution < -0.4 is 16.0 Å². The van der Waals surface area contributed by atoms with Gasteiger partial charge in [-0.1, -0.05) is 12.2 Å². The van der Waals surface area contributed by atoms with Gasteiger partial charge in [0.05, 0.1) is 18.4 Å². The van der Waals surface area contributed by atoms with E-state index in [4.69, 9.17) is 22.7 Å². The molecule has 0 fully saturated rings. The van der Waals surface area contributed by atoms with Crippen molar-refractivity contribution in [2.75, 3.05) is 7.11 Å². The fourth-order valence-electron chi connectivity index (χ4n) is 1.69. The normalized spacial score (nSPS) is 10.2. The van der Waals surface area contributed by atoms with Gasteiger partial charge in [0, 0.05) is 12.6 Å². The van der Waals surface area contributed by atoms with Crippen LogP contribution in [0.5, 0.6) is 5.75 Å². The first-order valence-corrected chi connectivity index (χ1v) is 5.96. The molecule has 1 heterocycles. The Morgan fingerprint density at radius 3 is 2.53 bits per heavy atom. The summed E-state index contributed by atoms with van der Waals surface area (Å²) in [5.41, 5.74) is 7.02. The molecule has 0 spiro atoms. The maximum Gasteiger partial charge on any atom is 0.276 e. The molecule has 0 aliphatic rings. The van der Waals surface area contributed by atoms with E-state index < -0.39 is 0 Å². The van der Waals surface area contributed by atoms with E-state index >= 15 is 0 Å². The lowest BCUT2D eigenvalue weighted by molar-refractivity contribution is 0.415. The molecular weight excluding hydrogens is 262 g/mol. The zero-order chi connectivity index (χ0) is 14.0. The van der Waals surface area contributed by atoms with E-state index in [2.05, 4.69) is 5.10 Å². The molecule has 0 saturated carbocycles. The number of thiocarbonyl (C=S) groups is 1. The summed E-state index contributed by atoms with van der Waals surface area (Å²) in [6, 6.07) is 8.96. The van der Waals surface area contributed by atoms with Gasteiger partial charge in [0.2, 0.25) is 0 Å². The highest BCUT2D eigenvalue weighted by Crippen LogP contribution is 2.20. The highest BCUT2D eigenvalue weighted by molar-refractivity contribution is 7.80. The van der Waals surface area contributed by atoms with Gasteiger partial charge in [-0.25, -0.2) is 4.68 Å². The summed E-state index contributed by atoms with van der Waals surface area (Å²) >= 11 is 4.87. The van der Waals surface area contributed by atoms with Crippen LogP contribution in [0, 0.1) is 0 Å². The van der Waals surface area contributed by atoms with Crippen LogP contribution in [-0.2, 0) is 7.05 Å². The number of benzene rings is 1. The lowest BCUT2D eigenvalue weighted by Crippen LogP contribution is -2.29. The number of hydrogen-bond acceptors (Lipinski definition) is 4. The molecule has 19 heavy (non-hydrogen) atoms. The lowest BCUT2D eigenvalue weighted by atomic mass is 10.1. The Bertz CT molecular complexity index is 677. The van der Waals surface area contributed by atoms with Crippen molar-refractivity contribution in [2.24, 2.45) is 12.8 Å². The van der Waals surface area contributed by atoms with Crippen LogP contribution in [0.15, 0.2) is 35.1 Å². The summed E-state index contributed by atoms with van der Waals surface area (Å²) in [6.45, 7) is 0. The van der Waals surface area contributed by atoms with Gasteiger partial charge < -0.3 is 10.5 Å². The first-order chi connectivity index (χ1) is 9.02. The molecule has 5 nitrogen and oxygen atoms in total. The van der Waals surface area contributed by atoms with Gasteiger partial charge >= 0.3 is 0 Å². The van der Waals surface area contributed by atoms with E-state index in [0.29, 0.717) is 11.3 Å². The van der Waals surface area contributed by atoms with Crippen molar-refractivity contribution in [3.05, 3.63) is 46.2 Å². The topological polar surface area (TPSA) is 70.1 Å². The molecule has 2 rings (SSSR count). The van der Waals surface area contributed by atoms with Crippen molar-refractivity contribution < 1.29 is 4.74 Å². The third-order valence-electron chi connectivity index (χ3n) is 2.71. The fraction of sp³-hybridized carbons (Fsp3) is 0.154. The minimum atomic E-state index is -0.301. The maximum atomic E-state index is 11.8. The average Bonchev–Trinajstić information content (AvgIpc) is 2.41. The Balaban J connectivity index is 2.56. The Hall–Kier alpha value is -2.21. The molecule has 1 aromatic carbocycles. The number of nitrogens with zero attached hydrogens (tertiary/aromatic N) is 2. The van der Waals surface area contributed by atoms with Crippen molar-refractivity contribution >= 4 is 17.2 Å². The minimum Gasteiger partial charge on any atom is -0.497 e. The van der Waals surface area contributed by atoms with Crippen molar-refractivity contribution in [1.29, 1.82) is 0 Å². The first-order valence-electron chi connectivity index (χ1n) is 5.55. The molecule has 1 aromatic heterocycles. The summed E-state index contributed by atoms with van der Waals surface area (Å²) in [5, 5.41) is 4.19. The molecule has 6 heteroatoms. The molecule has 0 radical (unpaired) electrons. The van der Waals surface area contributed by atoms with Gasteiger partial charge in [0.25, 0.3) is 5.56 Å². The second-order valence-electron chi connectivity index (χ2n) is 3.96. The Morgan fingerprint density at radius 1 is 1.37 bits per heavy atom. The molecule has 0 amide bonds. The van der Waals surface area contributed by atoms with E-state index in [1.807, 2.05) is 24.3 Å². The predicted octanol–water partition coefficient (Wildman–Crippen LogP) is 1.09. The Kier molecular flexibility index (Phi) is 3.62. The summed E-state index contributed by atoms with van der Waals surface area (Å²) < 4.78 is 6.32. The van der Waals surface area contributed by atoms with Gasteiger partial charge in [-0.15, -0.1) is 0 Å². The van der Waals surface area contributed by atoms with E-state index in [0.717, 1.165) is 11.3 Å². The van der Waals surface area contributed by atoms with Gasteiger partial charge in [-0.05, 0) is 30.3 Å². The highest BCUT2D eigenvalue weighted by Gasteiger charge is 2.10. The third kappa shape index (κ3) is 2.63. The van der Waals surface area contributed by atoms with Crippen LogP contribution in [0.2, 0.25) is 0 Å². The number of nitrogens with two attached hydrogens (primary N) is 1. The lowest BCUT2D eigenvalue weighted by Gasteiger charge is -2.07. The quantitative estimate of drug-likeness (QED) is 0.849. The van der Waals surface area contributed by atoms with E-state index in [1.54, 1.807) is 20.2 Å². The summed E-state index contributed by atoms with van der Waals surface area (Å²) in [6.07, 6.45) is 0. The summed E-state index contributed by atoms with van der Waals surface area (Å²) in [7, 11) is 3.17. The van der Waals surface area contributed by atoms with Gasteiger partial charge in [-0.3, -0.25) is 4.79 Å². The van der Waals surface area contributed by atoms with Crippen LogP contribution in [0.4, 0.5) is 0 Å². The molecule has 2 aromatic rings. The molecule has 0 aliphatic carbocycles. The van der Waals surface area contributed by atoms with Gasteiger partial charge in [0.15, 0.2) is 0 Å². The predicted molar refractivity (Wildman–Crippen MR) is 77.4 cm³/mol. The standard InChI is InChI=1S/C13H13N3O2S/c1-16-13(17)10(12(14)19)7-11(15-16)8-3-5-9(18-2)6-4-8/h3-7H,1-2H3,(H2,14,19). The molecule has 98 valence electrons. The molecule has 2 N–H and O–H groups in total. The Morgan fingerprint density at radius 2 is 2.00 bits per heavy atom. The zero-order valence-electron chi connectivity index (χ0n) is 10.6. The molecule has 0 atom stereocenters. The smallest absolute Gasteiger partial charge is 0.276 e. The number of hydrogen-bond donors (Lipinski definition) is 1. The summed E-state index contributed by atoms with van der Waals surface area (Å²) in [5.74, 6) is 0.753. The van der Waals surface area contributed by atoms with E-state index in [9.17, 15) is 4.79 Å². The average molecular weight is 275 g/mol. The first kappa shape index (κ1) is 13.2. The van der Waals surface area contributed by atoms with Crippen LogP contribution in [-0.4, -0.2) is 21.9 Å². The van der Waals surface area contributed by atoms with E-state index in [1.165, 1.54) is 4.68 Å². The number of rotatable bonds is 3. The fourth-order valence-corrected chi connectivity index (χ4v) is 1.83. The van der Waals surface area contributed by atoms with Crippen molar-refractivity contribution in [2.45, 2.75) is 0 Å². The second kappa shape index (κ2) is 5.19. The molecular formula is C13H13N3O2S. The maximum absolute atomic E-state index is 11.8. The third-order valence-corrected chi connectivity index (χ3v) is 2.93. The largest absolute Gasteiger partial charge is 0.497 e. The van der Waals surface area contributed by atoms with Crippen LogP contribution >= 0.6 is 12.2 Å². The molecule has 0 saturated heterocycles. The molecule has 0 bridgehead atoms. The highest BCUT2D eigenvalue weighted by atomic mass is 32.1. The zero-order valence-corrected chi connectivity index (χ0v) is 11.4. The number of methoxy groups -OCH3 is 1. The number of aryl methyl sites for hydroxylation is 1. The van der Waals surface area contributed by atoms with Gasteiger partial charge in [-0.2, -0.15) is 5.10 Å². The molecule has 0 unspecified atom stereocenters. The molecule has 0 aliphatic heterocycles. The Labute approximate surface area is 115 Å². The van der Waals surface area contributed by atoms with Crippen molar-refractivity contribution in [3.8, 4) is 17.0 Å². The van der Waals surface area contributed by atoms with Crippen molar-refractivity contribution in [1.82, 2.24) is 9.78 Å². The van der Waals surface area contributed by atoms with Crippen LogP contribution in [0.3, 0.4) is 0 Å². The van der Waals surface area contributed by atoms with Crippen molar-refractivity contribution in [3.63, 3.8) is 0 Å². The number of aromatic nitrogens is 2. The summed E-state index contributed by atoms with van der Waals surface area (Å²) in [4.78, 5) is 11.9. The second-order valence-corrected chi connectivity index (χ2v) is 4.40. The monoisotopic (exact) mass is 275 g/mol. The van der Waals surface area contributed by atoms with Crippen LogP contribution in [0.25, 0.3) is 11.3 Å².